The zero-order chi connectivity index (χ0) is 17.2. The topological polar surface area (TPSA) is 58.0 Å². The maximum absolute atomic E-state index is 4.64. The van der Waals surface area contributed by atoms with Crippen molar-refractivity contribution in [2.45, 2.75) is 51.5 Å². The SMILES string of the molecule is Cc1cc(N(C)C2CCN(c3ncnc4c3CCCC4)CC2)ncn1. The molecule has 0 saturated carbocycles. The average molecular weight is 338 g/mol. The van der Waals surface area contributed by atoms with E-state index in [-0.39, 0.29) is 0 Å². The molecule has 6 heteroatoms. The molecule has 1 aliphatic heterocycles. The molecule has 1 saturated heterocycles. The molecular weight excluding hydrogens is 312 g/mol. The van der Waals surface area contributed by atoms with Crippen molar-refractivity contribution < 1.29 is 0 Å². The summed E-state index contributed by atoms with van der Waals surface area (Å²) in [5, 5.41) is 0. The first kappa shape index (κ1) is 16.2. The molecule has 25 heavy (non-hydrogen) atoms. The van der Waals surface area contributed by atoms with Gasteiger partial charge in [-0.25, -0.2) is 19.9 Å². The Labute approximate surface area is 149 Å². The number of nitrogens with zero attached hydrogens (tertiary/aromatic N) is 6. The largest absolute Gasteiger partial charge is 0.356 e. The molecule has 1 aliphatic carbocycles. The number of piperidine rings is 1. The van der Waals surface area contributed by atoms with Crippen LogP contribution in [0.5, 0.6) is 0 Å². The van der Waals surface area contributed by atoms with Crippen LogP contribution in [0.15, 0.2) is 18.7 Å². The third kappa shape index (κ3) is 3.30. The Morgan fingerprint density at radius 3 is 2.56 bits per heavy atom. The van der Waals surface area contributed by atoms with Gasteiger partial charge in [0.25, 0.3) is 0 Å². The fraction of sp³-hybridized carbons (Fsp3) is 0.579. The molecule has 0 atom stereocenters. The van der Waals surface area contributed by atoms with Crippen molar-refractivity contribution in [1.29, 1.82) is 0 Å². The van der Waals surface area contributed by atoms with E-state index in [0.29, 0.717) is 6.04 Å². The van der Waals surface area contributed by atoms with E-state index in [1.165, 1.54) is 29.9 Å². The number of aryl methyl sites for hydroxylation is 2. The van der Waals surface area contributed by atoms with Gasteiger partial charge in [-0.1, -0.05) is 0 Å². The lowest BCUT2D eigenvalue weighted by Gasteiger charge is -2.38. The van der Waals surface area contributed by atoms with E-state index in [2.05, 4.69) is 42.8 Å². The molecule has 0 amide bonds. The number of hydrogen-bond donors (Lipinski definition) is 0. The monoisotopic (exact) mass is 338 g/mol. The van der Waals surface area contributed by atoms with Crippen molar-refractivity contribution in [3.8, 4) is 0 Å². The van der Waals surface area contributed by atoms with Crippen LogP contribution >= 0.6 is 0 Å². The molecule has 0 bridgehead atoms. The highest BCUT2D eigenvalue weighted by molar-refractivity contribution is 5.50. The van der Waals surface area contributed by atoms with Crippen LogP contribution in [0.2, 0.25) is 0 Å². The van der Waals surface area contributed by atoms with Crippen molar-refractivity contribution in [3.63, 3.8) is 0 Å². The van der Waals surface area contributed by atoms with Crippen LogP contribution in [0.4, 0.5) is 11.6 Å². The van der Waals surface area contributed by atoms with Gasteiger partial charge in [0.05, 0.1) is 0 Å². The Morgan fingerprint density at radius 2 is 1.76 bits per heavy atom. The van der Waals surface area contributed by atoms with Gasteiger partial charge in [-0.15, -0.1) is 0 Å². The van der Waals surface area contributed by atoms with Gasteiger partial charge in [0.1, 0.15) is 24.3 Å². The second-order valence-electron chi connectivity index (χ2n) is 7.18. The maximum atomic E-state index is 4.64. The zero-order valence-electron chi connectivity index (χ0n) is 15.1. The van der Waals surface area contributed by atoms with Gasteiger partial charge in [0.15, 0.2) is 0 Å². The van der Waals surface area contributed by atoms with Gasteiger partial charge >= 0.3 is 0 Å². The van der Waals surface area contributed by atoms with Gasteiger partial charge in [-0.05, 0) is 45.4 Å². The molecule has 1 fully saturated rings. The summed E-state index contributed by atoms with van der Waals surface area (Å²) in [5.41, 5.74) is 3.68. The number of anilines is 2. The highest BCUT2D eigenvalue weighted by Crippen LogP contribution is 2.30. The fourth-order valence-electron chi connectivity index (χ4n) is 4.06. The predicted molar refractivity (Wildman–Crippen MR) is 99.1 cm³/mol. The third-order valence-electron chi connectivity index (χ3n) is 5.56. The molecule has 4 rings (SSSR count). The summed E-state index contributed by atoms with van der Waals surface area (Å²) in [6.45, 7) is 4.10. The fourth-order valence-corrected chi connectivity index (χ4v) is 4.06. The number of fused-ring (bicyclic) bond motifs is 1. The maximum Gasteiger partial charge on any atom is 0.135 e. The van der Waals surface area contributed by atoms with Crippen molar-refractivity contribution in [2.24, 2.45) is 0 Å². The molecule has 0 radical (unpaired) electrons. The molecule has 6 nitrogen and oxygen atoms in total. The van der Waals surface area contributed by atoms with Crippen molar-refractivity contribution in [2.75, 3.05) is 29.9 Å². The summed E-state index contributed by atoms with van der Waals surface area (Å²) in [6, 6.07) is 2.58. The number of aromatic nitrogens is 4. The molecular formula is C19H26N6. The van der Waals surface area contributed by atoms with E-state index in [4.69, 9.17) is 0 Å². The van der Waals surface area contributed by atoms with Gasteiger partial charge in [0, 0.05) is 49.2 Å². The highest BCUT2D eigenvalue weighted by Gasteiger charge is 2.26. The van der Waals surface area contributed by atoms with Gasteiger partial charge in [-0.3, -0.25) is 0 Å². The molecule has 2 aliphatic rings. The lowest BCUT2D eigenvalue weighted by Crippen LogP contribution is -2.44. The van der Waals surface area contributed by atoms with Gasteiger partial charge in [-0.2, -0.15) is 0 Å². The second-order valence-corrected chi connectivity index (χ2v) is 7.18. The molecule has 2 aromatic rings. The summed E-state index contributed by atoms with van der Waals surface area (Å²) < 4.78 is 0. The van der Waals surface area contributed by atoms with Crippen molar-refractivity contribution in [1.82, 2.24) is 19.9 Å². The summed E-state index contributed by atoms with van der Waals surface area (Å²) >= 11 is 0. The van der Waals surface area contributed by atoms with E-state index in [1.807, 2.05) is 6.92 Å². The number of rotatable bonds is 3. The van der Waals surface area contributed by atoms with E-state index in [9.17, 15) is 0 Å². The summed E-state index contributed by atoms with van der Waals surface area (Å²) in [6.07, 6.45) is 10.4. The molecule has 0 unspecified atom stereocenters. The normalized spacial score (nSPS) is 18.1. The van der Waals surface area contributed by atoms with E-state index in [1.54, 1.807) is 12.7 Å². The van der Waals surface area contributed by atoms with Gasteiger partial charge in [0.2, 0.25) is 0 Å². The first-order valence-corrected chi connectivity index (χ1v) is 9.31. The van der Waals surface area contributed by atoms with E-state index in [0.717, 1.165) is 50.3 Å². The summed E-state index contributed by atoms with van der Waals surface area (Å²) in [7, 11) is 2.15. The van der Waals surface area contributed by atoms with Crippen LogP contribution in [0, 0.1) is 6.92 Å². The van der Waals surface area contributed by atoms with Crippen molar-refractivity contribution >= 4 is 11.6 Å². The Kier molecular flexibility index (Phi) is 4.51. The lowest BCUT2D eigenvalue weighted by molar-refractivity contribution is 0.475. The Bertz CT molecular complexity index is 738. The van der Waals surface area contributed by atoms with Crippen LogP contribution in [0.3, 0.4) is 0 Å². The minimum Gasteiger partial charge on any atom is -0.356 e. The van der Waals surface area contributed by atoms with E-state index < -0.39 is 0 Å². The van der Waals surface area contributed by atoms with Crippen LogP contribution in [0.25, 0.3) is 0 Å². The minimum atomic E-state index is 0.517. The number of hydrogen-bond acceptors (Lipinski definition) is 6. The summed E-state index contributed by atoms with van der Waals surface area (Å²) in [4.78, 5) is 22.5. The average Bonchev–Trinajstić information content (AvgIpc) is 2.67. The molecule has 0 aromatic carbocycles. The Hall–Kier alpha value is -2.24. The molecule has 3 heterocycles. The smallest absolute Gasteiger partial charge is 0.135 e. The van der Waals surface area contributed by atoms with Crippen LogP contribution in [-0.4, -0.2) is 46.1 Å². The highest BCUT2D eigenvalue weighted by atomic mass is 15.2. The Morgan fingerprint density at radius 1 is 1.00 bits per heavy atom. The van der Waals surface area contributed by atoms with Crippen LogP contribution in [-0.2, 0) is 12.8 Å². The first-order valence-electron chi connectivity index (χ1n) is 9.31. The molecule has 2 aromatic heterocycles. The van der Waals surface area contributed by atoms with Crippen LogP contribution < -0.4 is 9.80 Å². The Balaban J connectivity index is 1.45. The summed E-state index contributed by atoms with van der Waals surface area (Å²) in [5.74, 6) is 2.20. The molecule has 0 N–H and O–H groups in total. The first-order chi connectivity index (χ1) is 12.2. The standard InChI is InChI=1S/C19H26N6/c1-14-11-18(22-12-20-14)24(2)15-7-9-25(10-8-15)19-16-5-3-4-6-17(16)21-13-23-19/h11-13,15H,3-10H2,1-2H3. The zero-order valence-corrected chi connectivity index (χ0v) is 15.1. The second kappa shape index (κ2) is 6.94. The van der Waals surface area contributed by atoms with Gasteiger partial charge < -0.3 is 9.80 Å². The third-order valence-corrected chi connectivity index (χ3v) is 5.56. The molecule has 0 spiro atoms. The lowest BCUT2D eigenvalue weighted by atomic mass is 9.95. The van der Waals surface area contributed by atoms with Crippen molar-refractivity contribution in [3.05, 3.63) is 35.7 Å². The van der Waals surface area contributed by atoms with E-state index >= 15 is 0 Å². The minimum absolute atomic E-state index is 0.517. The predicted octanol–water partition coefficient (Wildman–Crippen LogP) is 2.56. The van der Waals surface area contributed by atoms with Crippen LogP contribution in [0.1, 0.15) is 42.6 Å². The molecule has 132 valence electrons. The quantitative estimate of drug-likeness (QED) is 0.857.